The number of nitro groups is 1. The molecule has 0 radical (unpaired) electrons. The number of nitrogens with zero attached hydrogens (tertiary/aromatic N) is 5. The molecule has 24 heavy (non-hydrogen) atoms. The lowest BCUT2D eigenvalue weighted by atomic mass is 10.3. The first-order valence-electron chi connectivity index (χ1n) is 7.37. The maximum atomic E-state index is 12.6. The summed E-state index contributed by atoms with van der Waals surface area (Å²) < 4.78 is 28.4. The molecule has 128 valence electrons. The van der Waals surface area contributed by atoms with Crippen molar-refractivity contribution in [3.63, 3.8) is 0 Å². The lowest BCUT2D eigenvalue weighted by molar-refractivity contribution is -0.384. The fourth-order valence-corrected chi connectivity index (χ4v) is 4.04. The summed E-state index contributed by atoms with van der Waals surface area (Å²) in [5, 5.41) is 15.0. The molecule has 1 aromatic carbocycles. The van der Waals surface area contributed by atoms with E-state index in [4.69, 9.17) is 0 Å². The van der Waals surface area contributed by atoms with Crippen LogP contribution < -0.4 is 4.90 Å². The van der Waals surface area contributed by atoms with Gasteiger partial charge in [-0.2, -0.15) is 9.40 Å². The van der Waals surface area contributed by atoms with Crippen molar-refractivity contribution < 1.29 is 13.3 Å². The number of anilines is 1. The number of rotatable bonds is 4. The minimum absolute atomic E-state index is 0.0689. The second-order valence-corrected chi connectivity index (χ2v) is 7.43. The molecule has 0 aliphatic carbocycles. The van der Waals surface area contributed by atoms with Crippen LogP contribution in [0.25, 0.3) is 0 Å². The number of hydrogen-bond acceptors (Lipinski definition) is 6. The van der Waals surface area contributed by atoms with Crippen LogP contribution in [0.1, 0.15) is 0 Å². The first-order valence-corrected chi connectivity index (χ1v) is 8.81. The van der Waals surface area contributed by atoms with Crippen LogP contribution in [0.15, 0.2) is 41.4 Å². The standard InChI is InChI=1S/C14H17N5O4S/c1-16-7-6-14(15-16)17-8-10-18(11-9-17)24(22,23)13-4-2-12(3-5-13)19(20)21/h2-7H,8-11H2,1H3. The molecular formula is C14H17N5O4S. The molecule has 1 aliphatic heterocycles. The molecule has 1 aliphatic rings. The smallest absolute Gasteiger partial charge is 0.269 e. The van der Waals surface area contributed by atoms with Crippen LogP contribution in [-0.2, 0) is 17.1 Å². The average Bonchev–Trinajstić information content (AvgIpc) is 3.01. The van der Waals surface area contributed by atoms with Crippen molar-refractivity contribution in [2.75, 3.05) is 31.1 Å². The number of hydrogen-bond donors (Lipinski definition) is 0. The van der Waals surface area contributed by atoms with Crippen molar-refractivity contribution in [2.45, 2.75) is 4.90 Å². The summed E-state index contributed by atoms with van der Waals surface area (Å²) in [7, 11) is -1.81. The minimum atomic E-state index is -3.65. The van der Waals surface area contributed by atoms with Gasteiger partial charge >= 0.3 is 0 Å². The van der Waals surface area contributed by atoms with E-state index < -0.39 is 14.9 Å². The Balaban J connectivity index is 1.71. The lowest BCUT2D eigenvalue weighted by Gasteiger charge is -2.34. The van der Waals surface area contributed by atoms with Crippen LogP contribution in [0.5, 0.6) is 0 Å². The van der Waals surface area contributed by atoms with Gasteiger partial charge in [0.1, 0.15) is 0 Å². The Morgan fingerprint density at radius 1 is 1.08 bits per heavy atom. The van der Waals surface area contributed by atoms with Gasteiger partial charge in [0.15, 0.2) is 5.82 Å². The number of aryl methyl sites for hydroxylation is 1. The first-order chi connectivity index (χ1) is 11.4. The summed E-state index contributed by atoms with van der Waals surface area (Å²) in [4.78, 5) is 12.2. The van der Waals surface area contributed by atoms with E-state index in [1.807, 2.05) is 24.2 Å². The third-order valence-corrected chi connectivity index (χ3v) is 5.86. The minimum Gasteiger partial charge on any atom is -0.353 e. The van der Waals surface area contributed by atoms with E-state index in [1.54, 1.807) is 4.68 Å². The molecule has 0 amide bonds. The van der Waals surface area contributed by atoms with Crippen LogP contribution in [0, 0.1) is 10.1 Å². The zero-order chi connectivity index (χ0) is 17.3. The molecular weight excluding hydrogens is 334 g/mol. The Bertz CT molecular complexity index is 838. The van der Waals surface area contributed by atoms with Gasteiger partial charge in [-0.25, -0.2) is 8.42 Å². The highest BCUT2D eigenvalue weighted by atomic mass is 32.2. The Labute approximate surface area is 139 Å². The maximum absolute atomic E-state index is 12.6. The highest BCUT2D eigenvalue weighted by Crippen LogP contribution is 2.22. The van der Waals surface area contributed by atoms with Crippen LogP contribution in [0.4, 0.5) is 11.5 Å². The molecule has 0 spiro atoms. The van der Waals surface area contributed by atoms with Crippen molar-refractivity contribution in [3.05, 3.63) is 46.6 Å². The highest BCUT2D eigenvalue weighted by Gasteiger charge is 2.29. The Hall–Kier alpha value is -2.46. The van der Waals surface area contributed by atoms with Gasteiger partial charge in [-0.15, -0.1) is 0 Å². The lowest BCUT2D eigenvalue weighted by Crippen LogP contribution is -2.48. The summed E-state index contributed by atoms with van der Waals surface area (Å²) in [5.74, 6) is 0.824. The number of nitro benzene ring substituents is 1. The van der Waals surface area contributed by atoms with Crippen LogP contribution >= 0.6 is 0 Å². The van der Waals surface area contributed by atoms with Crippen molar-refractivity contribution in [2.24, 2.45) is 7.05 Å². The number of non-ortho nitro benzene ring substituents is 1. The normalized spacial score (nSPS) is 16.3. The summed E-state index contributed by atoms with van der Waals surface area (Å²) in [6, 6.07) is 6.85. The van der Waals surface area contributed by atoms with Crippen LogP contribution in [0.2, 0.25) is 0 Å². The highest BCUT2D eigenvalue weighted by molar-refractivity contribution is 7.89. The maximum Gasteiger partial charge on any atom is 0.269 e. The molecule has 1 fully saturated rings. The molecule has 1 aromatic heterocycles. The predicted molar refractivity (Wildman–Crippen MR) is 87.3 cm³/mol. The molecule has 9 nitrogen and oxygen atoms in total. The van der Waals surface area contributed by atoms with Gasteiger partial charge in [0, 0.05) is 57.6 Å². The molecule has 2 aromatic rings. The van der Waals surface area contributed by atoms with Crippen LogP contribution in [-0.4, -0.2) is 53.6 Å². The van der Waals surface area contributed by atoms with Crippen LogP contribution in [0.3, 0.4) is 0 Å². The zero-order valence-corrected chi connectivity index (χ0v) is 13.9. The molecule has 0 atom stereocenters. The van der Waals surface area contributed by atoms with Crippen molar-refractivity contribution in [3.8, 4) is 0 Å². The summed E-state index contributed by atoms with van der Waals surface area (Å²) in [5.41, 5.74) is -0.131. The number of piperazine rings is 1. The topological polar surface area (TPSA) is 102 Å². The second-order valence-electron chi connectivity index (χ2n) is 5.49. The monoisotopic (exact) mass is 351 g/mol. The van der Waals surface area contributed by atoms with E-state index in [1.165, 1.54) is 28.6 Å². The average molecular weight is 351 g/mol. The summed E-state index contributed by atoms with van der Waals surface area (Å²) in [6.07, 6.45) is 1.84. The van der Waals surface area contributed by atoms with E-state index in [-0.39, 0.29) is 10.6 Å². The third kappa shape index (κ3) is 3.10. The Kier molecular flexibility index (Phi) is 4.24. The quantitative estimate of drug-likeness (QED) is 0.597. The number of benzene rings is 1. The molecule has 0 bridgehead atoms. The summed E-state index contributed by atoms with van der Waals surface area (Å²) >= 11 is 0. The third-order valence-electron chi connectivity index (χ3n) is 3.95. The molecule has 0 saturated carbocycles. The fraction of sp³-hybridized carbons (Fsp3) is 0.357. The summed E-state index contributed by atoms with van der Waals surface area (Å²) in [6.45, 7) is 1.78. The fourth-order valence-electron chi connectivity index (χ4n) is 2.62. The van der Waals surface area contributed by atoms with Crippen molar-refractivity contribution >= 4 is 21.5 Å². The van der Waals surface area contributed by atoms with Crippen molar-refractivity contribution in [1.82, 2.24) is 14.1 Å². The van der Waals surface area contributed by atoms with E-state index in [2.05, 4.69) is 5.10 Å². The van der Waals surface area contributed by atoms with Gasteiger partial charge in [-0.1, -0.05) is 0 Å². The van der Waals surface area contributed by atoms with E-state index >= 15 is 0 Å². The van der Waals surface area contributed by atoms with E-state index in [9.17, 15) is 18.5 Å². The van der Waals surface area contributed by atoms with Crippen molar-refractivity contribution in [1.29, 1.82) is 0 Å². The zero-order valence-electron chi connectivity index (χ0n) is 13.1. The first kappa shape index (κ1) is 16.4. The van der Waals surface area contributed by atoms with Gasteiger partial charge in [0.25, 0.3) is 5.69 Å². The SMILES string of the molecule is Cn1ccc(N2CCN(S(=O)(=O)c3ccc([N+](=O)[O-])cc3)CC2)n1. The second kappa shape index (κ2) is 6.21. The van der Waals surface area contributed by atoms with E-state index in [0.717, 1.165) is 5.82 Å². The Morgan fingerprint density at radius 3 is 2.21 bits per heavy atom. The van der Waals surface area contributed by atoms with Gasteiger partial charge in [-0.05, 0) is 12.1 Å². The van der Waals surface area contributed by atoms with E-state index in [0.29, 0.717) is 26.2 Å². The number of aromatic nitrogens is 2. The molecule has 3 rings (SSSR count). The molecule has 2 heterocycles. The van der Waals surface area contributed by atoms with Gasteiger partial charge < -0.3 is 4.90 Å². The largest absolute Gasteiger partial charge is 0.353 e. The molecule has 0 N–H and O–H groups in total. The van der Waals surface area contributed by atoms with Gasteiger partial charge in [-0.3, -0.25) is 14.8 Å². The molecule has 0 unspecified atom stereocenters. The predicted octanol–water partition coefficient (Wildman–Crippen LogP) is 0.839. The molecule has 1 saturated heterocycles. The number of sulfonamides is 1. The Morgan fingerprint density at radius 2 is 1.71 bits per heavy atom. The van der Waals surface area contributed by atoms with Gasteiger partial charge in [0.2, 0.25) is 10.0 Å². The van der Waals surface area contributed by atoms with Gasteiger partial charge in [0.05, 0.1) is 9.82 Å². The molecule has 10 heteroatoms.